The van der Waals surface area contributed by atoms with Gasteiger partial charge in [-0.15, -0.1) is 0 Å². The maximum absolute atomic E-state index is 16.3. The molecular formula is C78H89Cl2N9O28. The summed E-state index contributed by atoms with van der Waals surface area (Å²) in [6, 6.07) is -1.53. The van der Waals surface area contributed by atoms with Crippen LogP contribution in [0.1, 0.15) is 105 Å². The molecule has 628 valence electrons. The lowest BCUT2D eigenvalue weighted by atomic mass is 9.85. The van der Waals surface area contributed by atoms with Crippen molar-refractivity contribution >= 4 is 82.6 Å². The number of nitrogens with zero attached hydrogens (tertiary/aromatic N) is 1. The molecule has 0 radical (unpaired) electrons. The predicted molar refractivity (Wildman–Crippen MR) is 408 cm³/mol. The molecule has 7 heterocycles. The number of esters is 2. The highest BCUT2D eigenvalue weighted by Crippen LogP contribution is 2.50. The average molecular weight is 1670 g/mol. The highest BCUT2D eigenvalue weighted by Gasteiger charge is 2.53. The molecule has 0 saturated carbocycles. The fourth-order valence-corrected chi connectivity index (χ4v) is 14.2. The normalized spacial score (nSPS) is 26.7. The van der Waals surface area contributed by atoms with Crippen LogP contribution in [0.2, 0.25) is 10.0 Å². The molecule has 10 unspecified atom stereocenters. The van der Waals surface area contributed by atoms with Gasteiger partial charge in [-0.05, 0) is 103 Å². The van der Waals surface area contributed by atoms with Crippen molar-refractivity contribution in [3.63, 3.8) is 0 Å². The molecule has 0 spiro atoms. The highest BCUT2D eigenvalue weighted by atomic mass is 35.5. The molecule has 11 bridgehead atoms. The van der Waals surface area contributed by atoms with E-state index in [1.165, 1.54) is 39.1 Å². The predicted octanol–water partition coefficient (Wildman–Crippen LogP) is 2.15. The van der Waals surface area contributed by atoms with E-state index in [2.05, 4.69) is 57.0 Å². The van der Waals surface area contributed by atoms with Crippen molar-refractivity contribution in [1.29, 1.82) is 0 Å². The third kappa shape index (κ3) is 20.1. The van der Waals surface area contributed by atoms with Crippen LogP contribution in [0.5, 0.6) is 46.0 Å². The molecule has 12 rings (SSSR count). The lowest BCUT2D eigenvalue weighted by molar-refractivity contribution is -0.334. The summed E-state index contributed by atoms with van der Waals surface area (Å²) in [5.74, 6) is -17.2. The topological polar surface area (TPSA) is 549 Å². The smallest absolute Gasteiger partial charge is 0.410 e. The SMILES string of the molecule is C=CCOC(=O)CNC1(C)CC(OC2C(Oc3c4cc5cc3Oc3ccc(cc3Cl)[C@@H](O)[C@@H](NC(=O)[C@@H](CC(C)C)N(C)C(=O)OCC=C)C(=O)N[C@@H](CC(N)=O)C(=O)N[C@H]5C(=O)NC3C(=O)N[C@H](C(=O)N[C@H](C(=O)OCC=C)c5cc(O)cc(O)c5-c5cc3ccc5O)[C@H](O)c3ccc(c(Cl)c3)O4)OC(CO)C(O)C2O)OC(C)C1O. The molecule has 5 aromatic rings. The number of carbonyl (C=O) groups excluding carboxylic acids is 10. The summed E-state index contributed by atoms with van der Waals surface area (Å²) in [4.78, 5) is 147. The molecule has 2 saturated heterocycles. The average Bonchev–Trinajstić information content (AvgIpc) is 0.767. The minimum absolute atomic E-state index is 0.0898. The Balaban J connectivity index is 1.22. The minimum Gasteiger partial charge on any atom is -0.508 e. The molecule has 2 fully saturated rings. The van der Waals surface area contributed by atoms with Gasteiger partial charge in [-0.2, -0.15) is 0 Å². The van der Waals surface area contributed by atoms with Gasteiger partial charge in [-0.1, -0.05) is 93.2 Å². The molecule has 0 aromatic heterocycles. The summed E-state index contributed by atoms with van der Waals surface area (Å²) in [5, 5.41) is 123. The summed E-state index contributed by atoms with van der Waals surface area (Å²) in [6.45, 7) is 14.6. The van der Waals surface area contributed by atoms with Gasteiger partial charge in [0, 0.05) is 41.8 Å². The van der Waals surface area contributed by atoms with Crippen LogP contribution >= 0.6 is 23.2 Å². The summed E-state index contributed by atoms with van der Waals surface area (Å²) >= 11 is 14.3. The second-order valence-corrected chi connectivity index (χ2v) is 29.5. The number of likely N-dealkylation sites (N-methyl/N-ethyl adjacent to an activating group) is 1. The number of nitrogens with two attached hydrogens (primary N) is 1. The number of carbonyl (C=O) groups is 10. The number of halogens is 2. The molecule has 7 aliphatic rings. The van der Waals surface area contributed by atoms with Crippen molar-refractivity contribution in [2.75, 3.05) is 40.0 Å². The largest absolute Gasteiger partial charge is 0.508 e. The van der Waals surface area contributed by atoms with Gasteiger partial charge in [0.05, 0.1) is 41.8 Å². The number of rotatable bonds is 22. The molecule has 5 aromatic carbocycles. The van der Waals surface area contributed by atoms with Crippen molar-refractivity contribution in [3.05, 3.63) is 155 Å². The second kappa shape index (κ2) is 37.8. The number of phenolic OH excluding ortho intramolecular Hbond substituents is 3. The van der Waals surface area contributed by atoms with Gasteiger partial charge in [0.25, 0.3) is 0 Å². The first-order valence-electron chi connectivity index (χ1n) is 36.5. The van der Waals surface area contributed by atoms with E-state index in [4.69, 9.17) is 71.6 Å². The third-order valence-corrected chi connectivity index (χ3v) is 20.4. The van der Waals surface area contributed by atoms with E-state index in [-0.39, 0.29) is 48.7 Å². The van der Waals surface area contributed by atoms with Crippen molar-refractivity contribution in [3.8, 4) is 57.1 Å². The Bertz CT molecular complexity index is 4670. The third-order valence-electron chi connectivity index (χ3n) is 19.8. The van der Waals surface area contributed by atoms with Crippen LogP contribution in [0.4, 0.5) is 4.79 Å². The number of nitrogens with one attached hydrogen (secondary N) is 7. The van der Waals surface area contributed by atoms with E-state index < -0.39 is 273 Å². The fourth-order valence-electron chi connectivity index (χ4n) is 13.7. The number of primary amides is 1. The second-order valence-electron chi connectivity index (χ2n) is 28.7. The number of phenols is 3. The zero-order valence-corrected chi connectivity index (χ0v) is 65.0. The Morgan fingerprint density at radius 2 is 1.29 bits per heavy atom. The Hall–Kier alpha value is -11.2. The molecular weight excluding hydrogens is 1580 g/mol. The first kappa shape index (κ1) is 88.2. The zero-order chi connectivity index (χ0) is 85.3. The molecule has 37 nitrogen and oxygen atoms in total. The number of amides is 8. The number of benzene rings is 5. The molecule has 8 amide bonds. The molecule has 0 aliphatic carbocycles. The van der Waals surface area contributed by atoms with Crippen LogP contribution in [0.15, 0.2) is 117 Å². The quantitative estimate of drug-likeness (QED) is 0.0268. The van der Waals surface area contributed by atoms with Gasteiger partial charge in [0.15, 0.2) is 29.9 Å². The number of aliphatic hydroxyl groups is 6. The van der Waals surface area contributed by atoms with E-state index in [1.807, 2.05) is 0 Å². The van der Waals surface area contributed by atoms with Crippen LogP contribution < -0.4 is 57.2 Å². The summed E-state index contributed by atoms with van der Waals surface area (Å²) in [6.07, 6.45) is -17.3. The molecule has 117 heavy (non-hydrogen) atoms. The standard InChI is InChI=1S/C78H89Cl2N9O28/c1-9-18-109-54(95)31-82-78(7)30-55(112-34(6)68(78)100)116-67-65(99)64(98)52(32-90)115-76(67)117-66-50-25-38-26-51(66)114-49-17-14-37(24-43(49)80)63(97)61-74(106)86-59(75(107)110-19-10-2)41-27-39(91)28-47(93)56(41)40-22-35(12-15-46(40)92)57(71(103)88-61)85-72(104)58(38)84-69(101)44(29-53(81)94)83-73(105)60(62(96)36-13-16-48(113-50)42(79)23-36)87-70(102)45(21-33(4)5)89(8)77(108)111-20-11-3/h9-17,22-28,33-34,44-45,52,55,57-65,67-68,76,82,90-93,96-100H,1-3,18-21,29-32H2,4-8H3,(H2,81,94)(H,83,105)(H,84,101)(H,85,104)(H,86,106)(H,87,102)(H,88,103)/t34?,44-,45+,52?,55?,57?,58+,59-,60+,61-,62+,63+,64?,65?,67?,68?,76?,78?/m0/s1. The van der Waals surface area contributed by atoms with Gasteiger partial charge in [-0.25, -0.2) is 9.59 Å². The monoisotopic (exact) mass is 1670 g/mol. The molecule has 18 N–H and O–H groups in total. The van der Waals surface area contributed by atoms with Crippen molar-refractivity contribution in [2.45, 2.75) is 156 Å². The first-order valence-corrected chi connectivity index (χ1v) is 37.3. The van der Waals surface area contributed by atoms with Crippen LogP contribution in [-0.4, -0.2) is 229 Å². The molecule has 39 heteroatoms. The van der Waals surface area contributed by atoms with Gasteiger partial charge in [-0.3, -0.25) is 48.6 Å². The van der Waals surface area contributed by atoms with Gasteiger partial charge in [0.2, 0.25) is 53.4 Å². The Kier molecular flexibility index (Phi) is 28.5. The number of aliphatic hydroxyl groups excluding tert-OH is 6. The number of hydrogen-bond donors (Lipinski definition) is 17. The maximum Gasteiger partial charge on any atom is 0.410 e. The van der Waals surface area contributed by atoms with Crippen LogP contribution in [0.25, 0.3) is 11.1 Å². The summed E-state index contributed by atoms with van der Waals surface area (Å²) in [7, 11) is 1.23. The fraction of sp³-hybridized carbons (Fsp3) is 0.410. The van der Waals surface area contributed by atoms with E-state index in [0.717, 1.165) is 83.8 Å². The summed E-state index contributed by atoms with van der Waals surface area (Å²) in [5.41, 5.74) is 1.49. The van der Waals surface area contributed by atoms with Gasteiger partial charge < -0.3 is 126 Å². The first-order chi connectivity index (χ1) is 55.5. The minimum atomic E-state index is -2.43. The van der Waals surface area contributed by atoms with E-state index in [0.29, 0.717) is 0 Å². The van der Waals surface area contributed by atoms with Crippen molar-refractivity contribution < 1.29 is 137 Å². The highest BCUT2D eigenvalue weighted by molar-refractivity contribution is 6.32. The van der Waals surface area contributed by atoms with Crippen molar-refractivity contribution in [1.82, 2.24) is 42.1 Å². The Morgan fingerprint density at radius 3 is 1.91 bits per heavy atom. The molecule has 18 atom stereocenters. The summed E-state index contributed by atoms with van der Waals surface area (Å²) < 4.78 is 54.7. The maximum atomic E-state index is 16.3. The van der Waals surface area contributed by atoms with E-state index in [9.17, 15) is 69.9 Å². The Labute approximate surface area is 677 Å². The van der Waals surface area contributed by atoms with Crippen LogP contribution in [-0.2, 0) is 71.6 Å². The van der Waals surface area contributed by atoms with E-state index in [1.54, 1.807) is 13.8 Å². The van der Waals surface area contributed by atoms with Gasteiger partial charge >= 0.3 is 18.0 Å². The van der Waals surface area contributed by atoms with E-state index >= 15 is 24.0 Å². The van der Waals surface area contributed by atoms with Crippen LogP contribution in [0, 0.1) is 5.92 Å². The van der Waals surface area contributed by atoms with Gasteiger partial charge in [0.1, 0.15) is 115 Å². The van der Waals surface area contributed by atoms with Crippen molar-refractivity contribution in [2.24, 2.45) is 11.7 Å². The Morgan fingerprint density at radius 1 is 0.692 bits per heavy atom. The molecule has 7 aliphatic heterocycles. The van der Waals surface area contributed by atoms with Crippen LogP contribution in [0.3, 0.4) is 0 Å². The number of fused-ring (bicyclic) bond motifs is 15. The zero-order valence-electron chi connectivity index (χ0n) is 63.5. The number of hydrogen-bond acceptors (Lipinski definition) is 29. The lowest BCUT2D eigenvalue weighted by Crippen LogP contribution is -2.66. The number of ether oxygens (including phenoxy) is 9. The lowest BCUT2D eigenvalue weighted by Gasteiger charge is -2.48. The number of aromatic hydroxyl groups is 3.